The Labute approximate surface area is 218 Å². The van der Waals surface area contributed by atoms with Crippen molar-refractivity contribution in [1.82, 2.24) is 0 Å². The Bertz CT molecular complexity index is 1260. The topological polar surface area (TPSA) is 23.5 Å². The molecule has 36 heavy (non-hydrogen) atoms. The van der Waals surface area contributed by atoms with Gasteiger partial charge in [-0.3, -0.25) is 0 Å². The number of anilines is 2. The van der Waals surface area contributed by atoms with Crippen molar-refractivity contribution < 1.29 is 5.11 Å². The Hall–Kier alpha value is -3.09. The minimum Gasteiger partial charge on any atom is -0.507 e. The van der Waals surface area contributed by atoms with Gasteiger partial charge in [-0.1, -0.05) is 117 Å². The van der Waals surface area contributed by atoms with Crippen molar-refractivity contribution in [2.24, 2.45) is 0 Å². The molecular weight excluding hydrogens is 457 g/mol. The molecule has 4 aromatic carbocycles. The summed E-state index contributed by atoms with van der Waals surface area (Å²) in [5, 5.41) is 13.7. The van der Waals surface area contributed by atoms with Crippen LogP contribution in [0.15, 0.2) is 97.1 Å². The van der Waals surface area contributed by atoms with E-state index in [2.05, 4.69) is 144 Å². The van der Waals surface area contributed by atoms with Crippen molar-refractivity contribution in [1.29, 1.82) is 0 Å². The lowest BCUT2D eigenvalue weighted by atomic mass is 9.80. The van der Waals surface area contributed by atoms with E-state index in [9.17, 15) is 5.11 Å². The summed E-state index contributed by atoms with van der Waals surface area (Å²) >= 11 is 0. The van der Waals surface area contributed by atoms with Gasteiger partial charge in [0, 0.05) is 28.8 Å². The fourth-order valence-corrected chi connectivity index (χ4v) is 5.65. The van der Waals surface area contributed by atoms with E-state index in [0.717, 1.165) is 28.8 Å². The molecule has 1 unspecified atom stereocenters. The predicted molar refractivity (Wildman–Crippen MR) is 158 cm³/mol. The highest BCUT2D eigenvalue weighted by atomic mass is 31.1. The molecule has 186 valence electrons. The molecule has 0 saturated heterocycles. The standard InChI is InChI=1S/C33H38NOP/c1-32(2,3)25-21-28(33(4,5)6)31(35)30(22-25)36-29-20-14-13-15-24(29)23-34(26-16-9-7-10-17-26)27-18-11-8-12-19-27/h7-22,35-36H,23H2,1-6H3. The van der Waals surface area contributed by atoms with E-state index in [4.69, 9.17) is 0 Å². The van der Waals surface area contributed by atoms with Crippen LogP contribution in [-0.4, -0.2) is 5.11 Å². The molecule has 1 atom stereocenters. The molecule has 3 heteroatoms. The second-order valence-corrected chi connectivity index (χ2v) is 12.8. The third-order valence-electron chi connectivity index (χ3n) is 6.53. The number of nitrogens with zero attached hydrogens (tertiary/aromatic N) is 1. The first-order chi connectivity index (χ1) is 17.0. The molecule has 4 aromatic rings. The van der Waals surface area contributed by atoms with Crippen LogP contribution in [0.4, 0.5) is 11.4 Å². The second kappa shape index (κ2) is 10.5. The molecule has 0 heterocycles. The summed E-state index contributed by atoms with van der Waals surface area (Å²) in [4.78, 5) is 2.36. The van der Waals surface area contributed by atoms with E-state index in [0.29, 0.717) is 14.3 Å². The number of phenols is 1. The highest BCUT2D eigenvalue weighted by Gasteiger charge is 2.25. The van der Waals surface area contributed by atoms with Gasteiger partial charge in [0.25, 0.3) is 0 Å². The van der Waals surface area contributed by atoms with Crippen LogP contribution < -0.4 is 15.5 Å². The van der Waals surface area contributed by atoms with E-state index in [-0.39, 0.29) is 10.8 Å². The van der Waals surface area contributed by atoms with Gasteiger partial charge in [0.2, 0.25) is 0 Å². The molecule has 0 radical (unpaired) electrons. The number of para-hydroxylation sites is 2. The fraction of sp³-hybridized carbons (Fsp3) is 0.273. The lowest BCUT2D eigenvalue weighted by Crippen LogP contribution is -2.23. The van der Waals surface area contributed by atoms with Gasteiger partial charge < -0.3 is 10.0 Å². The van der Waals surface area contributed by atoms with Gasteiger partial charge in [0.15, 0.2) is 0 Å². The molecule has 1 N–H and O–H groups in total. The fourth-order valence-electron chi connectivity index (χ4n) is 4.38. The normalized spacial score (nSPS) is 12.3. The van der Waals surface area contributed by atoms with Crippen LogP contribution >= 0.6 is 8.58 Å². The Kier molecular flexibility index (Phi) is 7.57. The highest BCUT2D eigenvalue weighted by molar-refractivity contribution is 7.55. The third kappa shape index (κ3) is 6.00. The highest BCUT2D eigenvalue weighted by Crippen LogP contribution is 2.37. The molecule has 0 spiro atoms. The molecule has 0 bridgehead atoms. The van der Waals surface area contributed by atoms with Crippen molar-refractivity contribution in [3.05, 3.63) is 114 Å². The molecule has 0 amide bonds. The smallest absolute Gasteiger partial charge is 0.127 e. The number of hydrogen-bond donors (Lipinski definition) is 1. The van der Waals surface area contributed by atoms with Crippen LogP contribution in [0.5, 0.6) is 5.75 Å². The minimum absolute atomic E-state index is 0.00384. The van der Waals surface area contributed by atoms with E-state index >= 15 is 0 Å². The van der Waals surface area contributed by atoms with Gasteiger partial charge in [-0.25, -0.2) is 0 Å². The second-order valence-electron chi connectivity index (χ2n) is 11.5. The maximum Gasteiger partial charge on any atom is 0.127 e. The lowest BCUT2D eigenvalue weighted by molar-refractivity contribution is 0.449. The molecular formula is C33H38NOP. The zero-order chi connectivity index (χ0) is 25.9. The van der Waals surface area contributed by atoms with Crippen LogP contribution in [-0.2, 0) is 17.4 Å². The number of benzene rings is 4. The number of aromatic hydroxyl groups is 1. The van der Waals surface area contributed by atoms with Crippen molar-refractivity contribution in [3.8, 4) is 5.75 Å². The molecule has 2 nitrogen and oxygen atoms in total. The van der Waals surface area contributed by atoms with Gasteiger partial charge in [-0.2, -0.15) is 0 Å². The first kappa shape index (κ1) is 26.0. The SMILES string of the molecule is CC(C)(C)c1cc(Pc2ccccc2CN(c2ccccc2)c2ccccc2)c(O)c(C(C)(C)C)c1. The zero-order valence-corrected chi connectivity index (χ0v) is 23.3. The van der Waals surface area contributed by atoms with Gasteiger partial charge in [-0.05, 0) is 57.6 Å². The maximum absolute atomic E-state index is 11.4. The van der Waals surface area contributed by atoms with Crippen LogP contribution in [0.25, 0.3) is 0 Å². The largest absolute Gasteiger partial charge is 0.507 e. The monoisotopic (exact) mass is 495 g/mol. The van der Waals surface area contributed by atoms with Crippen molar-refractivity contribution in [3.63, 3.8) is 0 Å². The lowest BCUT2D eigenvalue weighted by Gasteiger charge is -2.28. The van der Waals surface area contributed by atoms with Crippen LogP contribution in [0.3, 0.4) is 0 Å². The summed E-state index contributed by atoms with van der Waals surface area (Å²) in [6.45, 7) is 14.0. The van der Waals surface area contributed by atoms with Crippen LogP contribution in [0.1, 0.15) is 58.2 Å². The van der Waals surface area contributed by atoms with Gasteiger partial charge >= 0.3 is 0 Å². The molecule has 0 aromatic heterocycles. The summed E-state index contributed by atoms with van der Waals surface area (Å²) in [6.07, 6.45) is 0. The number of rotatable bonds is 6. The Morgan fingerprint density at radius 2 is 1.17 bits per heavy atom. The molecule has 4 rings (SSSR count). The first-order valence-corrected chi connectivity index (χ1v) is 13.6. The molecule has 0 aliphatic heterocycles. The predicted octanol–water partition coefficient (Wildman–Crippen LogP) is 7.95. The average molecular weight is 496 g/mol. The number of hydrogen-bond acceptors (Lipinski definition) is 2. The van der Waals surface area contributed by atoms with E-state index in [1.54, 1.807) is 0 Å². The summed E-state index contributed by atoms with van der Waals surface area (Å²) in [5.41, 5.74) is 5.74. The van der Waals surface area contributed by atoms with Gasteiger partial charge in [-0.15, -0.1) is 0 Å². The Morgan fingerprint density at radius 1 is 0.639 bits per heavy atom. The number of phenolic OH excluding ortho intramolecular Hbond substituents is 1. The van der Waals surface area contributed by atoms with Gasteiger partial charge in [0.05, 0.1) is 0 Å². The van der Waals surface area contributed by atoms with Crippen LogP contribution in [0, 0.1) is 0 Å². The first-order valence-electron chi connectivity index (χ1n) is 12.6. The van der Waals surface area contributed by atoms with Crippen molar-refractivity contribution in [2.75, 3.05) is 4.90 Å². The zero-order valence-electron chi connectivity index (χ0n) is 22.3. The van der Waals surface area contributed by atoms with Gasteiger partial charge in [0.1, 0.15) is 5.75 Å². The molecule has 0 aliphatic carbocycles. The summed E-state index contributed by atoms with van der Waals surface area (Å²) < 4.78 is 0. The van der Waals surface area contributed by atoms with Crippen molar-refractivity contribution in [2.45, 2.75) is 58.9 Å². The summed E-state index contributed by atoms with van der Waals surface area (Å²) in [6, 6.07) is 34.2. The maximum atomic E-state index is 11.4. The van der Waals surface area contributed by atoms with E-state index in [1.165, 1.54) is 16.4 Å². The molecule has 0 aliphatic rings. The van der Waals surface area contributed by atoms with Crippen LogP contribution in [0.2, 0.25) is 0 Å². The molecule has 0 fully saturated rings. The third-order valence-corrected chi connectivity index (χ3v) is 7.94. The quantitative estimate of drug-likeness (QED) is 0.274. The Balaban J connectivity index is 1.76. The Morgan fingerprint density at radius 3 is 1.69 bits per heavy atom. The van der Waals surface area contributed by atoms with E-state index < -0.39 is 0 Å². The molecule has 0 saturated carbocycles. The minimum atomic E-state index is -0.137. The van der Waals surface area contributed by atoms with Crippen molar-refractivity contribution >= 4 is 30.6 Å². The van der Waals surface area contributed by atoms with E-state index in [1.807, 2.05) is 0 Å². The average Bonchev–Trinajstić information content (AvgIpc) is 2.84. The summed E-state index contributed by atoms with van der Waals surface area (Å²) in [7, 11) is 0.364. The summed E-state index contributed by atoms with van der Waals surface area (Å²) in [5.74, 6) is 0.437.